The van der Waals surface area contributed by atoms with Crippen molar-refractivity contribution in [1.29, 1.82) is 0 Å². The summed E-state index contributed by atoms with van der Waals surface area (Å²) in [6.07, 6.45) is 1.52. The number of hydrogen-bond acceptors (Lipinski definition) is 6. The average molecular weight is 412 g/mol. The van der Waals surface area contributed by atoms with Crippen LogP contribution in [0.4, 0.5) is 11.5 Å². The SMILES string of the molecule is CCOc1ccc(-c2c(C)sc3ncnc(Nc4cc(Cl)ccc4O)c23)cc1. The lowest BCUT2D eigenvalue weighted by atomic mass is 10.0. The lowest BCUT2D eigenvalue weighted by Crippen LogP contribution is -1.96. The highest BCUT2D eigenvalue weighted by molar-refractivity contribution is 7.19. The number of nitrogens with zero attached hydrogens (tertiary/aromatic N) is 2. The molecule has 2 aromatic heterocycles. The second-order valence-electron chi connectivity index (χ2n) is 6.18. The number of phenols is 1. The van der Waals surface area contributed by atoms with E-state index in [4.69, 9.17) is 16.3 Å². The molecule has 0 bridgehead atoms. The first-order chi connectivity index (χ1) is 13.6. The highest BCUT2D eigenvalue weighted by Crippen LogP contribution is 2.42. The fourth-order valence-electron chi connectivity index (χ4n) is 3.11. The Bertz CT molecular complexity index is 1140. The summed E-state index contributed by atoms with van der Waals surface area (Å²) in [6, 6.07) is 12.8. The molecule has 2 heterocycles. The van der Waals surface area contributed by atoms with E-state index in [1.807, 2.05) is 31.2 Å². The molecule has 0 saturated heterocycles. The molecular formula is C21H18ClN3O2S. The van der Waals surface area contributed by atoms with Crippen molar-refractivity contribution < 1.29 is 9.84 Å². The van der Waals surface area contributed by atoms with Gasteiger partial charge in [0.15, 0.2) is 0 Å². The Kier molecular flexibility index (Phi) is 5.07. The molecule has 0 aliphatic heterocycles. The first-order valence-corrected chi connectivity index (χ1v) is 9.99. The maximum atomic E-state index is 10.2. The molecule has 0 aliphatic rings. The van der Waals surface area contributed by atoms with Crippen molar-refractivity contribution in [3.63, 3.8) is 0 Å². The van der Waals surface area contributed by atoms with Crippen molar-refractivity contribution in [3.8, 4) is 22.6 Å². The molecule has 4 rings (SSSR count). The molecule has 142 valence electrons. The minimum Gasteiger partial charge on any atom is -0.506 e. The third-order valence-electron chi connectivity index (χ3n) is 4.33. The molecule has 0 aliphatic carbocycles. The zero-order valence-corrected chi connectivity index (χ0v) is 16.9. The summed E-state index contributed by atoms with van der Waals surface area (Å²) in [4.78, 5) is 10.9. The molecule has 28 heavy (non-hydrogen) atoms. The monoisotopic (exact) mass is 411 g/mol. The van der Waals surface area contributed by atoms with Gasteiger partial charge < -0.3 is 15.2 Å². The summed E-state index contributed by atoms with van der Waals surface area (Å²) in [7, 11) is 0. The molecule has 0 fully saturated rings. The van der Waals surface area contributed by atoms with Gasteiger partial charge in [0.1, 0.15) is 28.5 Å². The van der Waals surface area contributed by atoms with E-state index in [1.54, 1.807) is 29.5 Å². The number of rotatable bonds is 5. The van der Waals surface area contributed by atoms with Crippen molar-refractivity contribution in [1.82, 2.24) is 9.97 Å². The molecule has 7 heteroatoms. The van der Waals surface area contributed by atoms with Gasteiger partial charge in [0.2, 0.25) is 0 Å². The summed E-state index contributed by atoms with van der Waals surface area (Å²) in [5, 5.41) is 14.8. The first kappa shape index (κ1) is 18.5. The predicted octanol–water partition coefficient (Wildman–Crippen LogP) is 6.17. The number of hydrogen-bond donors (Lipinski definition) is 2. The van der Waals surface area contributed by atoms with Gasteiger partial charge in [-0.15, -0.1) is 11.3 Å². The highest BCUT2D eigenvalue weighted by Gasteiger charge is 2.17. The van der Waals surface area contributed by atoms with Crippen molar-refractivity contribution >= 4 is 44.7 Å². The summed E-state index contributed by atoms with van der Waals surface area (Å²) >= 11 is 7.69. The van der Waals surface area contributed by atoms with Gasteiger partial charge in [0.05, 0.1) is 17.7 Å². The van der Waals surface area contributed by atoms with Gasteiger partial charge in [0.25, 0.3) is 0 Å². The third-order valence-corrected chi connectivity index (χ3v) is 5.58. The van der Waals surface area contributed by atoms with Crippen LogP contribution in [0.1, 0.15) is 11.8 Å². The van der Waals surface area contributed by atoms with E-state index < -0.39 is 0 Å². The van der Waals surface area contributed by atoms with E-state index in [2.05, 4.69) is 22.2 Å². The molecule has 0 saturated carbocycles. The predicted molar refractivity (Wildman–Crippen MR) is 115 cm³/mol. The molecule has 0 spiro atoms. The third kappa shape index (κ3) is 3.48. The lowest BCUT2D eigenvalue weighted by molar-refractivity contribution is 0.340. The van der Waals surface area contributed by atoms with E-state index in [0.717, 1.165) is 32.0 Å². The van der Waals surface area contributed by atoms with Crippen molar-refractivity contribution in [3.05, 3.63) is 58.7 Å². The minimum atomic E-state index is 0.103. The number of ether oxygens (including phenoxy) is 1. The van der Waals surface area contributed by atoms with Crippen LogP contribution in [0.3, 0.4) is 0 Å². The molecule has 4 aromatic rings. The Morgan fingerprint density at radius 3 is 2.68 bits per heavy atom. The van der Waals surface area contributed by atoms with Crippen LogP contribution in [0.5, 0.6) is 11.5 Å². The van der Waals surface area contributed by atoms with Gasteiger partial charge in [-0.1, -0.05) is 23.7 Å². The molecule has 5 nitrogen and oxygen atoms in total. The largest absolute Gasteiger partial charge is 0.506 e. The van der Waals surface area contributed by atoms with Crippen LogP contribution in [0.2, 0.25) is 5.02 Å². The first-order valence-electron chi connectivity index (χ1n) is 8.79. The van der Waals surface area contributed by atoms with E-state index in [-0.39, 0.29) is 5.75 Å². The Morgan fingerprint density at radius 1 is 1.14 bits per heavy atom. The summed E-state index contributed by atoms with van der Waals surface area (Å²) in [5.74, 6) is 1.56. The maximum Gasteiger partial charge on any atom is 0.143 e. The Morgan fingerprint density at radius 2 is 1.93 bits per heavy atom. The quantitative estimate of drug-likeness (QED) is 0.384. The fourth-order valence-corrected chi connectivity index (χ4v) is 4.29. The second kappa shape index (κ2) is 7.66. The van der Waals surface area contributed by atoms with Gasteiger partial charge in [-0.25, -0.2) is 9.97 Å². The Hall–Kier alpha value is -2.83. The van der Waals surface area contributed by atoms with Crippen LogP contribution >= 0.6 is 22.9 Å². The number of fused-ring (bicyclic) bond motifs is 1. The molecule has 2 aromatic carbocycles. The molecule has 0 radical (unpaired) electrons. The van der Waals surface area contributed by atoms with Crippen molar-refractivity contribution in [2.24, 2.45) is 0 Å². The molecule has 0 amide bonds. The summed E-state index contributed by atoms with van der Waals surface area (Å²) in [5.41, 5.74) is 2.61. The van der Waals surface area contributed by atoms with Crippen molar-refractivity contribution in [2.75, 3.05) is 11.9 Å². The van der Waals surface area contributed by atoms with Gasteiger partial charge in [0, 0.05) is 15.5 Å². The number of phenolic OH excluding ortho intramolecular Hbond substituents is 1. The standard InChI is InChI=1S/C21H18ClN3O2S/c1-3-27-15-7-4-13(5-8-15)18-12(2)28-21-19(18)20(23-11-24-21)25-16-10-14(22)6-9-17(16)26/h4-11,26H,3H2,1-2H3,(H,23,24,25). The number of thiophene rings is 1. The van der Waals surface area contributed by atoms with Crippen LogP contribution < -0.4 is 10.1 Å². The zero-order valence-electron chi connectivity index (χ0n) is 15.4. The smallest absolute Gasteiger partial charge is 0.143 e. The average Bonchev–Trinajstić information content (AvgIpc) is 3.02. The van der Waals surface area contributed by atoms with Crippen LogP contribution in [-0.4, -0.2) is 21.7 Å². The topological polar surface area (TPSA) is 67.3 Å². The van der Waals surface area contributed by atoms with Crippen molar-refractivity contribution in [2.45, 2.75) is 13.8 Å². The number of anilines is 2. The minimum absolute atomic E-state index is 0.103. The number of nitrogens with one attached hydrogen (secondary N) is 1. The summed E-state index contributed by atoms with van der Waals surface area (Å²) < 4.78 is 5.55. The van der Waals surface area contributed by atoms with Crippen LogP contribution in [0.25, 0.3) is 21.3 Å². The number of aromatic nitrogens is 2. The molecular weight excluding hydrogens is 394 g/mol. The van der Waals surface area contributed by atoms with Gasteiger partial charge in [-0.2, -0.15) is 0 Å². The highest BCUT2D eigenvalue weighted by atomic mass is 35.5. The maximum absolute atomic E-state index is 10.2. The second-order valence-corrected chi connectivity index (χ2v) is 7.82. The van der Waals surface area contributed by atoms with Gasteiger partial charge in [-0.05, 0) is 49.7 Å². The Labute approximate surface area is 171 Å². The number of aromatic hydroxyl groups is 1. The lowest BCUT2D eigenvalue weighted by Gasteiger charge is -2.11. The van der Waals surface area contributed by atoms with E-state index in [9.17, 15) is 5.11 Å². The zero-order chi connectivity index (χ0) is 19.7. The van der Waals surface area contributed by atoms with E-state index >= 15 is 0 Å². The van der Waals surface area contributed by atoms with Gasteiger partial charge >= 0.3 is 0 Å². The number of halogens is 1. The fraction of sp³-hybridized carbons (Fsp3) is 0.143. The normalized spacial score (nSPS) is 11.0. The summed E-state index contributed by atoms with van der Waals surface area (Å²) in [6.45, 7) is 4.66. The Balaban J connectivity index is 1.84. The number of benzene rings is 2. The number of aryl methyl sites for hydroxylation is 1. The molecule has 2 N–H and O–H groups in total. The van der Waals surface area contributed by atoms with Crippen LogP contribution in [0, 0.1) is 6.92 Å². The van der Waals surface area contributed by atoms with E-state index in [0.29, 0.717) is 23.1 Å². The van der Waals surface area contributed by atoms with Crippen LogP contribution in [-0.2, 0) is 0 Å². The van der Waals surface area contributed by atoms with Gasteiger partial charge in [-0.3, -0.25) is 0 Å². The molecule has 0 unspecified atom stereocenters. The van der Waals surface area contributed by atoms with Crippen LogP contribution in [0.15, 0.2) is 48.8 Å². The van der Waals surface area contributed by atoms with E-state index in [1.165, 1.54) is 6.33 Å². The molecule has 0 atom stereocenters.